The lowest BCUT2D eigenvalue weighted by atomic mass is 9.66. The van der Waals surface area contributed by atoms with Crippen molar-refractivity contribution in [2.24, 2.45) is 11.3 Å². The van der Waals surface area contributed by atoms with Crippen LogP contribution in [-0.2, 0) is 20.7 Å². The molecule has 4 rings (SSSR count). The van der Waals surface area contributed by atoms with Gasteiger partial charge in [0.05, 0.1) is 12.5 Å². The van der Waals surface area contributed by atoms with Crippen LogP contribution in [0.15, 0.2) is 18.2 Å². The molecule has 1 amide bonds. The molecule has 1 aromatic rings. The first-order valence-corrected chi connectivity index (χ1v) is 9.39. The number of nitrogens with zero attached hydrogens (tertiary/aromatic N) is 1. The van der Waals surface area contributed by atoms with Crippen LogP contribution < -0.4 is 9.64 Å². The first kappa shape index (κ1) is 16.9. The first-order chi connectivity index (χ1) is 12.2. The molecule has 0 atom stereocenters. The normalized spacial score (nSPS) is 23.3. The third kappa shape index (κ3) is 2.93. The number of carbonyl (C=O) groups is 1. The Morgan fingerprint density at radius 3 is 2.60 bits per heavy atom. The Hall–Kier alpha value is -1.59. The summed E-state index contributed by atoms with van der Waals surface area (Å²) in [5.41, 5.74) is 1.98. The van der Waals surface area contributed by atoms with Gasteiger partial charge in [0.25, 0.3) is 0 Å². The molecule has 136 valence electrons. The molecule has 0 radical (unpaired) electrons. The maximum absolute atomic E-state index is 13.7. The highest BCUT2D eigenvalue weighted by atomic mass is 16.5. The molecule has 0 aliphatic carbocycles. The Morgan fingerprint density at radius 2 is 1.88 bits per heavy atom. The molecule has 0 aromatic heterocycles. The molecule has 0 bridgehead atoms. The zero-order valence-corrected chi connectivity index (χ0v) is 15.0. The highest BCUT2D eigenvalue weighted by Gasteiger charge is 2.49. The second kappa shape index (κ2) is 6.96. The zero-order chi connectivity index (χ0) is 17.3. The molecule has 0 unspecified atom stereocenters. The molecular formula is C20H27NO4. The third-order valence-corrected chi connectivity index (χ3v) is 6.24. The predicted molar refractivity (Wildman–Crippen MR) is 95.1 cm³/mol. The number of hydrogen-bond acceptors (Lipinski definition) is 4. The van der Waals surface area contributed by atoms with Gasteiger partial charge in [0.2, 0.25) is 5.91 Å². The number of methoxy groups -OCH3 is 1. The van der Waals surface area contributed by atoms with Crippen molar-refractivity contribution in [3.8, 4) is 5.75 Å². The van der Waals surface area contributed by atoms with Crippen LogP contribution in [0.5, 0.6) is 5.75 Å². The summed E-state index contributed by atoms with van der Waals surface area (Å²) in [4.78, 5) is 15.8. The lowest BCUT2D eigenvalue weighted by molar-refractivity contribution is -0.142. The predicted octanol–water partition coefficient (Wildman–Crippen LogP) is 2.81. The molecule has 1 aromatic carbocycles. The fraction of sp³-hybridized carbons (Fsp3) is 0.650. The van der Waals surface area contributed by atoms with Crippen LogP contribution in [0.4, 0.5) is 5.69 Å². The molecule has 2 fully saturated rings. The monoisotopic (exact) mass is 345 g/mol. The van der Waals surface area contributed by atoms with E-state index in [4.69, 9.17) is 14.2 Å². The van der Waals surface area contributed by atoms with E-state index in [0.29, 0.717) is 25.0 Å². The molecule has 0 spiro atoms. The lowest BCUT2D eigenvalue weighted by Gasteiger charge is -2.45. The molecule has 0 saturated carbocycles. The van der Waals surface area contributed by atoms with E-state index in [-0.39, 0.29) is 5.41 Å². The van der Waals surface area contributed by atoms with Gasteiger partial charge in [-0.15, -0.1) is 0 Å². The van der Waals surface area contributed by atoms with E-state index in [2.05, 4.69) is 6.07 Å². The fourth-order valence-electron chi connectivity index (χ4n) is 4.77. The smallest absolute Gasteiger partial charge is 0.233 e. The van der Waals surface area contributed by atoms with Crippen LogP contribution in [0.2, 0.25) is 0 Å². The number of anilines is 1. The Morgan fingerprint density at radius 1 is 1.16 bits per heavy atom. The van der Waals surface area contributed by atoms with Crippen LogP contribution in [0, 0.1) is 11.3 Å². The molecule has 0 N–H and O–H groups in total. The average Bonchev–Trinajstić information content (AvgIpc) is 3.11. The molecular weight excluding hydrogens is 318 g/mol. The van der Waals surface area contributed by atoms with Crippen LogP contribution in [0.3, 0.4) is 0 Å². The standard InChI is InChI=1S/C20H27NO4/c1-23-17-2-3-18-15(14-17)4-9-21(18)19(22)20(7-12-25-13-8-20)16-5-10-24-11-6-16/h2-3,14,16H,4-13H2,1H3. The van der Waals surface area contributed by atoms with Gasteiger partial charge in [-0.3, -0.25) is 4.79 Å². The average molecular weight is 345 g/mol. The summed E-state index contributed by atoms with van der Waals surface area (Å²) in [5.74, 6) is 1.56. The van der Waals surface area contributed by atoms with Gasteiger partial charge in [-0.05, 0) is 61.8 Å². The highest BCUT2D eigenvalue weighted by Crippen LogP contribution is 2.46. The zero-order valence-electron chi connectivity index (χ0n) is 15.0. The van der Waals surface area contributed by atoms with E-state index in [9.17, 15) is 4.79 Å². The van der Waals surface area contributed by atoms with E-state index >= 15 is 0 Å². The van der Waals surface area contributed by atoms with Crippen LogP contribution in [-0.4, -0.2) is 46.0 Å². The minimum absolute atomic E-state index is 0.288. The summed E-state index contributed by atoms with van der Waals surface area (Å²) < 4.78 is 16.5. The summed E-state index contributed by atoms with van der Waals surface area (Å²) in [6.07, 6.45) is 4.53. The summed E-state index contributed by atoms with van der Waals surface area (Å²) in [5, 5.41) is 0. The minimum atomic E-state index is -0.288. The topological polar surface area (TPSA) is 48.0 Å². The van der Waals surface area contributed by atoms with Crippen molar-refractivity contribution in [3.05, 3.63) is 23.8 Å². The second-order valence-corrected chi connectivity index (χ2v) is 7.36. The quantitative estimate of drug-likeness (QED) is 0.845. The Labute approximate surface area is 149 Å². The summed E-state index contributed by atoms with van der Waals surface area (Å²) in [7, 11) is 1.68. The fourth-order valence-corrected chi connectivity index (χ4v) is 4.77. The number of hydrogen-bond donors (Lipinski definition) is 0. The van der Waals surface area contributed by atoms with Crippen molar-refractivity contribution < 1.29 is 19.0 Å². The SMILES string of the molecule is COc1ccc2c(c1)CCN2C(=O)C1(C2CCOCC2)CCOCC1. The number of ether oxygens (including phenoxy) is 3. The molecule has 5 nitrogen and oxygen atoms in total. The summed E-state index contributed by atoms with van der Waals surface area (Å²) in [6.45, 7) is 3.69. The summed E-state index contributed by atoms with van der Waals surface area (Å²) >= 11 is 0. The van der Waals surface area contributed by atoms with Crippen molar-refractivity contribution in [1.82, 2.24) is 0 Å². The van der Waals surface area contributed by atoms with Crippen LogP contribution >= 0.6 is 0 Å². The van der Waals surface area contributed by atoms with Crippen molar-refractivity contribution in [3.63, 3.8) is 0 Å². The first-order valence-electron chi connectivity index (χ1n) is 9.39. The van der Waals surface area contributed by atoms with E-state index < -0.39 is 0 Å². The van der Waals surface area contributed by atoms with Gasteiger partial charge in [0.1, 0.15) is 5.75 Å². The van der Waals surface area contributed by atoms with E-state index in [1.807, 2.05) is 17.0 Å². The van der Waals surface area contributed by atoms with Gasteiger partial charge < -0.3 is 19.1 Å². The maximum Gasteiger partial charge on any atom is 0.233 e. The molecule has 2 saturated heterocycles. The molecule has 3 aliphatic heterocycles. The van der Waals surface area contributed by atoms with Gasteiger partial charge in [-0.25, -0.2) is 0 Å². The van der Waals surface area contributed by atoms with Gasteiger partial charge in [0, 0.05) is 38.7 Å². The van der Waals surface area contributed by atoms with E-state index in [0.717, 1.165) is 63.3 Å². The second-order valence-electron chi connectivity index (χ2n) is 7.36. The Kier molecular flexibility index (Phi) is 4.69. The number of benzene rings is 1. The highest BCUT2D eigenvalue weighted by molar-refractivity contribution is 5.99. The summed E-state index contributed by atoms with van der Waals surface area (Å²) in [6, 6.07) is 6.05. The maximum atomic E-state index is 13.7. The Bertz CT molecular complexity index is 633. The van der Waals surface area contributed by atoms with Crippen molar-refractivity contribution in [1.29, 1.82) is 0 Å². The number of rotatable bonds is 3. The lowest BCUT2D eigenvalue weighted by Crippen LogP contribution is -2.52. The molecule has 25 heavy (non-hydrogen) atoms. The third-order valence-electron chi connectivity index (χ3n) is 6.24. The van der Waals surface area contributed by atoms with Gasteiger partial charge in [0.15, 0.2) is 0 Å². The minimum Gasteiger partial charge on any atom is -0.497 e. The molecule has 3 heterocycles. The van der Waals surface area contributed by atoms with Gasteiger partial charge >= 0.3 is 0 Å². The number of carbonyl (C=O) groups excluding carboxylic acids is 1. The van der Waals surface area contributed by atoms with Crippen LogP contribution in [0.25, 0.3) is 0 Å². The van der Waals surface area contributed by atoms with E-state index in [1.165, 1.54) is 5.56 Å². The van der Waals surface area contributed by atoms with E-state index in [1.54, 1.807) is 7.11 Å². The van der Waals surface area contributed by atoms with Crippen LogP contribution in [0.1, 0.15) is 31.2 Å². The molecule has 3 aliphatic rings. The van der Waals surface area contributed by atoms with Crippen molar-refractivity contribution in [2.75, 3.05) is 45.0 Å². The van der Waals surface area contributed by atoms with Crippen molar-refractivity contribution in [2.45, 2.75) is 32.1 Å². The van der Waals surface area contributed by atoms with Gasteiger partial charge in [-0.2, -0.15) is 0 Å². The Balaban J connectivity index is 1.64. The largest absolute Gasteiger partial charge is 0.497 e. The number of fused-ring (bicyclic) bond motifs is 1. The van der Waals surface area contributed by atoms with Gasteiger partial charge in [-0.1, -0.05) is 0 Å². The number of amides is 1. The molecule has 5 heteroatoms. The van der Waals surface area contributed by atoms with Crippen molar-refractivity contribution >= 4 is 11.6 Å².